The first-order valence-corrected chi connectivity index (χ1v) is 7.74. The third-order valence-electron chi connectivity index (χ3n) is 4.57. The van der Waals surface area contributed by atoms with E-state index < -0.39 is 0 Å². The summed E-state index contributed by atoms with van der Waals surface area (Å²) in [6.07, 6.45) is 4.95. The topological polar surface area (TPSA) is 47.3 Å². The molecule has 0 fully saturated rings. The van der Waals surface area contributed by atoms with Gasteiger partial charge in [0, 0.05) is 13.2 Å². The fourth-order valence-corrected chi connectivity index (χ4v) is 3.60. The van der Waals surface area contributed by atoms with Crippen LogP contribution in [0.4, 0.5) is 0 Å². The smallest absolute Gasteiger partial charge is 0.0760 e. The lowest BCUT2D eigenvalue weighted by Crippen LogP contribution is -2.48. The SMILES string of the molecule is COC(C(C)C)C(CC1CCCc2ccccc21)NN. The van der Waals surface area contributed by atoms with Crippen LogP contribution in [0.2, 0.25) is 0 Å². The van der Waals surface area contributed by atoms with Gasteiger partial charge in [-0.1, -0.05) is 38.1 Å². The van der Waals surface area contributed by atoms with E-state index in [1.807, 2.05) is 0 Å². The Morgan fingerprint density at radius 3 is 2.75 bits per heavy atom. The minimum absolute atomic E-state index is 0.161. The monoisotopic (exact) mass is 276 g/mol. The number of hydrazine groups is 1. The Hall–Kier alpha value is -0.900. The van der Waals surface area contributed by atoms with E-state index in [9.17, 15) is 0 Å². The molecule has 0 amide bonds. The number of hydrogen-bond donors (Lipinski definition) is 2. The molecule has 3 N–H and O–H groups in total. The maximum Gasteiger partial charge on any atom is 0.0760 e. The number of fused-ring (bicyclic) bond motifs is 1. The van der Waals surface area contributed by atoms with Crippen LogP contribution in [0, 0.1) is 5.92 Å². The molecule has 1 aromatic rings. The number of hydrogen-bond acceptors (Lipinski definition) is 3. The summed E-state index contributed by atoms with van der Waals surface area (Å²) < 4.78 is 5.65. The zero-order chi connectivity index (χ0) is 14.5. The summed E-state index contributed by atoms with van der Waals surface area (Å²) in [5.74, 6) is 6.85. The molecule has 0 saturated carbocycles. The minimum Gasteiger partial charge on any atom is -0.380 e. The van der Waals surface area contributed by atoms with Gasteiger partial charge in [0.15, 0.2) is 0 Å². The van der Waals surface area contributed by atoms with Crippen molar-refractivity contribution in [3.8, 4) is 0 Å². The van der Waals surface area contributed by atoms with Crippen molar-refractivity contribution < 1.29 is 4.74 Å². The molecule has 0 aromatic heterocycles. The third-order valence-corrected chi connectivity index (χ3v) is 4.57. The van der Waals surface area contributed by atoms with Crippen LogP contribution < -0.4 is 11.3 Å². The van der Waals surface area contributed by atoms with E-state index in [2.05, 4.69) is 43.5 Å². The van der Waals surface area contributed by atoms with Crippen molar-refractivity contribution in [3.63, 3.8) is 0 Å². The van der Waals surface area contributed by atoms with Gasteiger partial charge in [-0.25, -0.2) is 0 Å². The molecule has 0 saturated heterocycles. The van der Waals surface area contributed by atoms with Gasteiger partial charge in [-0.3, -0.25) is 11.3 Å². The number of nitrogens with two attached hydrogens (primary N) is 1. The molecule has 3 unspecified atom stereocenters. The minimum atomic E-state index is 0.161. The second-order valence-corrected chi connectivity index (χ2v) is 6.24. The molecular weight excluding hydrogens is 248 g/mol. The summed E-state index contributed by atoms with van der Waals surface area (Å²) in [5, 5.41) is 0. The number of benzene rings is 1. The standard InChI is InChI=1S/C17H28N2O/c1-12(2)17(20-3)16(19-18)11-14-9-6-8-13-7-4-5-10-15(13)14/h4-5,7,10,12,14,16-17,19H,6,8-9,11,18H2,1-3H3. The van der Waals surface area contributed by atoms with Crippen LogP contribution in [0.3, 0.4) is 0 Å². The maximum absolute atomic E-state index is 5.79. The van der Waals surface area contributed by atoms with Crippen LogP contribution in [-0.4, -0.2) is 19.3 Å². The van der Waals surface area contributed by atoms with Gasteiger partial charge in [0.1, 0.15) is 0 Å². The molecular formula is C17H28N2O. The van der Waals surface area contributed by atoms with Crippen molar-refractivity contribution in [2.45, 2.75) is 57.6 Å². The number of nitrogens with one attached hydrogen (secondary N) is 1. The fraction of sp³-hybridized carbons (Fsp3) is 0.647. The second-order valence-electron chi connectivity index (χ2n) is 6.24. The molecule has 2 rings (SSSR count). The Labute approximate surface area is 122 Å². The van der Waals surface area contributed by atoms with Crippen LogP contribution in [0.15, 0.2) is 24.3 Å². The molecule has 3 heteroatoms. The van der Waals surface area contributed by atoms with Crippen LogP contribution >= 0.6 is 0 Å². The maximum atomic E-state index is 5.79. The van der Waals surface area contributed by atoms with E-state index in [4.69, 9.17) is 10.6 Å². The highest BCUT2D eigenvalue weighted by molar-refractivity contribution is 5.32. The van der Waals surface area contributed by atoms with E-state index in [1.54, 1.807) is 7.11 Å². The van der Waals surface area contributed by atoms with Crippen LogP contribution in [0.25, 0.3) is 0 Å². The summed E-state index contributed by atoms with van der Waals surface area (Å²) in [5.41, 5.74) is 6.01. The van der Waals surface area contributed by atoms with Gasteiger partial charge < -0.3 is 4.74 Å². The Morgan fingerprint density at radius 1 is 1.35 bits per heavy atom. The normalized spacial score (nSPS) is 21.6. The number of methoxy groups -OCH3 is 1. The Bertz CT molecular complexity index is 419. The van der Waals surface area contributed by atoms with E-state index in [0.29, 0.717) is 11.8 Å². The molecule has 20 heavy (non-hydrogen) atoms. The predicted molar refractivity (Wildman–Crippen MR) is 83.5 cm³/mol. The molecule has 0 spiro atoms. The number of rotatable bonds is 6. The highest BCUT2D eigenvalue weighted by Crippen LogP contribution is 2.35. The first-order valence-electron chi connectivity index (χ1n) is 7.74. The van der Waals surface area contributed by atoms with Gasteiger partial charge in [0.05, 0.1) is 6.10 Å². The van der Waals surface area contributed by atoms with E-state index in [-0.39, 0.29) is 12.1 Å². The van der Waals surface area contributed by atoms with Gasteiger partial charge in [0.25, 0.3) is 0 Å². The molecule has 1 aromatic carbocycles. The first-order chi connectivity index (χ1) is 9.67. The van der Waals surface area contributed by atoms with E-state index in [0.717, 1.165) is 6.42 Å². The Kier molecular flexibility index (Phi) is 5.58. The summed E-state index contributed by atoms with van der Waals surface area (Å²) in [6, 6.07) is 9.05. The first kappa shape index (κ1) is 15.5. The highest BCUT2D eigenvalue weighted by atomic mass is 16.5. The van der Waals surface area contributed by atoms with E-state index in [1.165, 1.54) is 30.4 Å². The number of ether oxygens (including phenoxy) is 1. The lowest BCUT2D eigenvalue weighted by atomic mass is 9.78. The average molecular weight is 276 g/mol. The number of aryl methyl sites for hydroxylation is 1. The molecule has 112 valence electrons. The van der Waals surface area contributed by atoms with Gasteiger partial charge in [-0.2, -0.15) is 0 Å². The fourth-order valence-electron chi connectivity index (χ4n) is 3.60. The largest absolute Gasteiger partial charge is 0.380 e. The van der Waals surface area contributed by atoms with Gasteiger partial charge in [0.2, 0.25) is 0 Å². The summed E-state index contributed by atoms with van der Waals surface area (Å²) in [7, 11) is 1.78. The van der Waals surface area contributed by atoms with Crippen molar-refractivity contribution in [1.29, 1.82) is 0 Å². The second kappa shape index (κ2) is 7.21. The summed E-state index contributed by atoms with van der Waals surface area (Å²) in [6.45, 7) is 4.38. The molecule has 1 aliphatic carbocycles. The van der Waals surface area contributed by atoms with Crippen molar-refractivity contribution in [2.75, 3.05) is 7.11 Å². The zero-order valence-electron chi connectivity index (χ0n) is 12.9. The van der Waals surface area contributed by atoms with Crippen LogP contribution in [0.5, 0.6) is 0 Å². The van der Waals surface area contributed by atoms with Gasteiger partial charge in [-0.05, 0) is 48.6 Å². The molecule has 3 atom stereocenters. The van der Waals surface area contributed by atoms with Crippen molar-refractivity contribution in [3.05, 3.63) is 35.4 Å². The van der Waals surface area contributed by atoms with Gasteiger partial charge >= 0.3 is 0 Å². The highest BCUT2D eigenvalue weighted by Gasteiger charge is 2.29. The third kappa shape index (κ3) is 3.40. The van der Waals surface area contributed by atoms with Crippen molar-refractivity contribution in [2.24, 2.45) is 11.8 Å². The lowest BCUT2D eigenvalue weighted by molar-refractivity contribution is 0.0281. The van der Waals surface area contributed by atoms with Crippen LogP contribution in [-0.2, 0) is 11.2 Å². The molecule has 0 radical (unpaired) electrons. The van der Waals surface area contributed by atoms with Crippen LogP contribution in [0.1, 0.15) is 50.2 Å². The molecule has 0 bridgehead atoms. The summed E-state index contributed by atoms with van der Waals surface area (Å²) >= 11 is 0. The van der Waals surface area contributed by atoms with E-state index >= 15 is 0 Å². The molecule has 3 nitrogen and oxygen atoms in total. The summed E-state index contributed by atoms with van der Waals surface area (Å²) in [4.78, 5) is 0. The average Bonchev–Trinajstić information content (AvgIpc) is 2.46. The van der Waals surface area contributed by atoms with Crippen molar-refractivity contribution in [1.82, 2.24) is 5.43 Å². The van der Waals surface area contributed by atoms with Crippen molar-refractivity contribution >= 4 is 0 Å². The molecule has 1 aliphatic rings. The molecule has 0 heterocycles. The lowest BCUT2D eigenvalue weighted by Gasteiger charge is -2.33. The predicted octanol–water partition coefficient (Wildman–Crippen LogP) is 3.00. The zero-order valence-corrected chi connectivity index (χ0v) is 12.9. The quantitative estimate of drug-likeness (QED) is 0.620. The Morgan fingerprint density at radius 2 is 2.10 bits per heavy atom. The molecule has 0 aliphatic heterocycles. The van der Waals surface area contributed by atoms with Gasteiger partial charge in [-0.15, -0.1) is 0 Å². The Balaban J connectivity index is 2.12.